The Hall–Kier alpha value is -1.99. The lowest BCUT2D eigenvalue weighted by Crippen LogP contribution is -2.21. The molecule has 3 rings (SSSR count). The van der Waals surface area contributed by atoms with Crippen LogP contribution >= 0.6 is 23.6 Å². The van der Waals surface area contributed by atoms with E-state index in [1.54, 1.807) is 18.2 Å². The second kappa shape index (κ2) is 7.27. The highest BCUT2D eigenvalue weighted by Crippen LogP contribution is 2.38. The van der Waals surface area contributed by atoms with Crippen molar-refractivity contribution in [3.8, 4) is 0 Å². The molecule has 0 bridgehead atoms. The molecular weight excluding hydrogens is 347 g/mol. The highest BCUT2D eigenvalue weighted by atomic mass is 32.1. The van der Waals surface area contributed by atoms with Crippen molar-refractivity contribution >= 4 is 45.3 Å². The summed E-state index contributed by atoms with van der Waals surface area (Å²) in [5.74, 6) is -0.758. The molecule has 2 aromatic rings. The van der Waals surface area contributed by atoms with E-state index in [9.17, 15) is 9.18 Å². The first-order valence-corrected chi connectivity index (χ1v) is 8.88. The van der Waals surface area contributed by atoms with Gasteiger partial charge in [0, 0.05) is 4.88 Å². The molecule has 126 valence electrons. The molecule has 0 unspecified atom stereocenters. The molecular formula is C17H17FN2O2S2. The molecule has 0 radical (unpaired) electrons. The maximum Gasteiger partial charge on any atom is 0.341 e. The molecule has 1 heterocycles. The fourth-order valence-electron chi connectivity index (χ4n) is 2.79. The van der Waals surface area contributed by atoms with E-state index in [0.29, 0.717) is 10.6 Å². The SMILES string of the molecule is COC(=O)c1c(NC(=S)Nc2ccccc2F)sc2c1CCCC2. The van der Waals surface area contributed by atoms with Crippen LogP contribution in [0.2, 0.25) is 0 Å². The summed E-state index contributed by atoms with van der Waals surface area (Å²) in [6.45, 7) is 0. The Labute approximate surface area is 149 Å². The number of methoxy groups -OCH3 is 1. The number of hydrogen-bond donors (Lipinski definition) is 2. The number of thiocarbonyl (C=S) groups is 1. The molecule has 1 aliphatic carbocycles. The van der Waals surface area contributed by atoms with Crippen LogP contribution in [0.5, 0.6) is 0 Å². The maximum atomic E-state index is 13.7. The average Bonchev–Trinajstić information content (AvgIpc) is 2.94. The van der Waals surface area contributed by atoms with Crippen LogP contribution in [0.15, 0.2) is 24.3 Å². The highest BCUT2D eigenvalue weighted by molar-refractivity contribution is 7.80. The molecule has 0 saturated carbocycles. The number of rotatable bonds is 3. The first kappa shape index (κ1) is 16.9. The zero-order valence-corrected chi connectivity index (χ0v) is 14.8. The van der Waals surface area contributed by atoms with E-state index < -0.39 is 0 Å². The molecule has 0 spiro atoms. The fraction of sp³-hybridized carbons (Fsp3) is 0.294. The summed E-state index contributed by atoms with van der Waals surface area (Å²) in [6, 6.07) is 6.29. The molecule has 4 nitrogen and oxygen atoms in total. The summed E-state index contributed by atoms with van der Waals surface area (Å²) in [5, 5.41) is 6.75. The second-order valence-corrected chi connectivity index (χ2v) is 6.98. The first-order valence-electron chi connectivity index (χ1n) is 7.65. The molecule has 1 aromatic heterocycles. The van der Waals surface area contributed by atoms with Gasteiger partial charge in [-0.15, -0.1) is 11.3 Å². The van der Waals surface area contributed by atoms with Gasteiger partial charge in [0.1, 0.15) is 10.8 Å². The molecule has 0 aliphatic heterocycles. The van der Waals surface area contributed by atoms with Crippen molar-refractivity contribution in [2.24, 2.45) is 0 Å². The van der Waals surface area contributed by atoms with E-state index >= 15 is 0 Å². The molecule has 0 amide bonds. The number of nitrogens with one attached hydrogen (secondary N) is 2. The van der Waals surface area contributed by atoms with Gasteiger partial charge in [-0.05, 0) is 55.6 Å². The summed E-state index contributed by atoms with van der Waals surface area (Å²) in [5.41, 5.74) is 1.89. The van der Waals surface area contributed by atoms with Gasteiger partial charge in [-0.2, -0.15) is 0 Å². The van der Waals surface area contributed by atoms with Crippen molar-refractivity contribution in [1.82, 2.24) is 0 Å². The zero-order valence-electron chi connectivity index (χ0n) is 13.1. The third-order valence-electron chi connectivity index (χ3n) is 3.91. The zero-order chi connectivity index (χ0) is 17.1. The van der Waals surface area contributed by atoms with E-state index in [1.165, 1.54) is 29.4 Å². The van der Waals surface area contributed by atoms with Gasteiger partial charge >= 0.3 is 5.97 Å². The van der Waals surface area contributed by atoms with E-state index in [2.05, 4.69) is 10.6 Å². The number of benzene rings is 1. The lowest BCUT2D eigenvalue weighted by Gasteiger charge is -2.12. The minimum absolute atomic E-state index is 0.240. The smallest absolute Gasteiger partial charge is 0.341 e. The van der Waals surface area contributed by atoms with Crippen LogP contribution in [0.4, 0.5) is 15.1 Å². The Morgan fingerprint density at radius 1 is 1.25 bits per heavy atom. The number of carbonyl (C=O) groups excluding carboxylic acids is 1. The number of aryl methyl sites for hydroxylation is 1. The third-order valence-corrected chi connectivity index (χ3v) is 5.32. The van der Waals surface area contributed by atoms with E-state index in [-0.39, 0.29) is 22.6 Å². The van der Waals surface area contributed by atoms with Crippen molar-refractivity contribution < 1.29 is 13.9 Å². The lowest BCUT2D eigenvalue weighted by molar-refractivity contribution is 0.0601. The number of fused-ring (bicyclic) bond motifs is 1. The molecule has 24 heavy (non-hydrogen) atoms. The summed E-state index contributed by atoms with van der Waals surface area (Å²) in [7, 11) is 1.37. The molecule has 7 heteroatoms. The normalized spacial score (nSPS) is 13.1. The van der Waals surface area contributed by atoms with Gasteiger partial charge in [-0.25, -0.2) is 9.18 Å². The molecule has 0 saturated heterocycles. The minimum atomic E-state index is -0.389. The number of hydrogen-bond acceptors (Lipinski definition) is 4. The predicted molar refractivity (Wildman–Crippen MR) is 98.5 cm³/mol. The van der Waals surface area contributed by atoms with Gasteiger partial charge in [0.05, 0.1) is 18.4 Å². The second-order valence-electron chi connectivity index (χ2n) is 5.47. The van der Waals surface area contributed by atoms with Crippen molar-refractivity contribution in [2.75, 3.05) is 17.7 Å². The standard InChI is InChI=1S/C17H17FN2O2S2/c1-22-16(21)14-10-6-2-5-9-13(10)24-15(14)20-17(23)19-12-8-4-3-7-11(12)18/h3-4,7-8H,2,5-6,9H2,1H3,(H2,19,20,23). The van der Waals surface area contributed by atoms with Crippen molar-refractivity contribution in [2.45, 2.75) is 25.7 Å². The Bertz CT molecular complexity index is 789. The van der Waals surface area contributed by atoms with E-state index in [0.717, 1.165) is 31.2 Å². The number of esters is 1. The average molecular weight is 364 g/mol. The summed E-state index contributed by atoms with van der Waals surface area (Å²) in [6.07, 6.45) is 4.00. The largest absolute Gasteiger partial charge is 0.465 e. The number of anilines is 2. The maximum absolute atomic E-state index is 13.7. The van der Waals surface area contributed by atoms with Gasteiger partial charge in [0.2, 0.25) is 0 Å². The van der Waals surface area contributed by atoms with Gasteiger partial charge in [-0.1, -0.05) is 12.1 Å². The summed E-state index contributed by atoms with van der Waals surface area (Å²) >= 11 is 6.78. The Morgan fingerprint density at radius 3 is 2.75 bits per heavy atom. The number of thiophene rings is 1. The minimum Gasteiger partial charge on any atom is -0.465 e. The monoisotopic (exact) mass is 364 g/mol. The number of para-hydroxylation sites is 1. The van der Waals surface area contributed by atoms with Crippen LogP contribution in [-0.2, 0) is 17.6 Å². The highest BCUT2D eigenvalue weighted by Gasteiger charge is 2.26. The molecule has 1 aromatic carbocycles. The van der Waals surface area contributed by atoms with Crippen LogP contribution in [0.1, 0.15) is 33.6 Å². The quantitative estimate of drug-likeness (QED) is 0.626. The van der Waals surface area contributed by atoms with Crippen LogP contribution in [-0.4, -0.2) is 18.2 Å². The van der Waals surface area contributed by atoms with Crippen LogP contribution in [0.25, 0.3) is 0 Å². The summed E-state index contributed by atoms with van der Waals surface area (Å²) in [4.78, 5) is 13.4. The van der Waals surface area contributed by atoms with Crippen molar-refractivity contribution in [3.05, 3.63) is 46.1 Å². The van der Waals surface area contributed by atoms with Crippen molar-refractivity contribution in [3.63, 3.8) is 0 Å². The lowest BCUT2D eigenvalue weighted by atomic mass is 9.95. The van der Waals surface area contributed by atoms with Crippen LogP contribution in [0.3, 0.4) is 0 Å². The number of carbonyl (C=O) groups is 1. The predicted octanol–water partition coefficient (Wildman–Crippen LogP) is 4.36. The Kier molecular flexibility index (Phi) is 5.11. The van der Waals surface area contributed by atoms with Gasteiger partial charge in [0.25, 0.3) is 0 Å². The first-order chi connectivity index (χ1) is 11.6. The van der Waals surface area contributed by atoms with Crippen LogP contribution in [0, 0.1) is 5.82 Å². The van der Waals surface area contributed by atoms with Crippen LogP contribution < -0.4 is 10.6 Å². The molecule has 0 atom stereocenters. The number of halogens is 1. The number of ether oxygens (including phenoxy) is 1. The Balaban J connectivity index is 1.84. The van der Waals surface area contributed by atoms with Crippen molar-refractivity contribution in [1.29, 1.82) is 0 Å². The molecule has 0 fully saturated rings. The summed E-state index contributed by atoms with van der Waals surface area (Å²) < 4.78 is 18.6. The van der Waals surface area contributed by atoms with Gasteiger partial charge in [0.15, 0.2) is 5.11 Å². The Morgan fingerprint density at radius 2 is 2.00 bits per heavy atom. The topological polar surface area (TPSA) is 50.4 Å². The van der Waals surface area contributed by atoms with Gasteiger partial charge < -0.3 is 15.4 Å². The third kappa shape index (κ3) is 3.42. The fourth-order valence-corrected chi connectivity index (χ4v) is 4.35. The molecule has 1 aliphatic rings. The van der Waals surface area contributed by atoms with E-state index in [4.69, 9.17) is 17.0 Å². The van der Waals surface area contributed by atoms with Gasteiger partial charge in [-0.3, -0.25) is 0 Å². The molecule has 2 N–H and O–H groups in total. The van der Waals surface area contributed by atoms with E-state index in [1.807, 2.05) is 0 Å².